The Morgan fingerprint density at radius 2 is 1.73 bits per heavy atom. The van der Waals surface area contributed by atoms with Crippen LogP contribution in [0.25, 0.3) is 0 Å². The predicted molar refractivity (Wildman–Crippen MR) is 56.3 cm³/mol. The fraction of sp³-hybridized carbons (Fsp3) is 0.909. The van der Waals surface area contributed by atoms with Crippen molar-refractivity contribution in [3.8, 4) is 0 Å². The van der Waals surface area contributed by atoms with E-state index in [-0.39, 0.29) is 25.0 Å². The van der Waals surface area contributed by atoms with Gasteiger partial charge in [0.25, 0.3) is 0 Å². The van der Waals surface area contributed by atoms with Crippen molar-refractivity contribution in [2.24, 2.45) is 11.1 Å². The number of hydrogen-bond donors (Lipinski definition) is 1. The van der Waals surface area contributed by atoms with E-state index in [4.69, 9.17) is 0 Å². The molecule has 1 heterocycles. The van der Waals surface area contributed by atoms with Gasteiger partial charge in [-0.2, -0.15) is 26.3 Å². The van der Waals surface area contributed by atoms with Gasteiger partial charge in [-0.25, -0.2) is 8.78 Å². The van der Waals surface area contributed by atoms with Crippen LogP contribution in [0, 0.1) is 5.92 Å². The molecule has 0 aromatic carbocycles. The summed E-state index contributed by atoms with van der Waals surface area (Å²) < 4.78 is 105. The molecular weight excluding hydrogens is 330 g/mol. The minimum Gasteiger partial charge on any atom is -0.353 e. The van der Waals surface area contributed by atoms with Crippen molar-refractivity contribution in [3.63, 3.8) is 0 Å². The molecule has 0 aromatic rings. The van der Waals surface area contributed by atoms with Crippen LogP contribution in [0.15, 0.2) is 5.16 Å². The molecule has 2 atom stereocenters. The first kappa shape index (κ1) is 17.2. The standard InChI is InChI=1S/C11H11F8NO2/c12-7(13)8(14,15)10(16,17)11(18,19)9(21)5-3-1-2-4-6(5)20-22-9/h5,7,21H,1-4H2. The van der Waals surface area contributed by atoms with Crippen LogP contribution in [-0.2, 0) is 4.84 Å². The predicted octanol–water partition coefficient (Wildman–Crippen LogP) is 3.42. The molecule has 1 N–H and O–H groups in total. The highest BCUT2D eigenvalue weighted by atomic mass is 19.4. The molecule has 11 heteroatoms. The summed E-state index contributed by atoms with van der Waals surface area (Å²) in [4.78, 5) is 3.95. The van der Waals surface area contributed by atoms with Gasteiger partial charge in [0, 0.05) is 0 Å². The largest absolute Gasteiger partial charge is 0.384 e. The van der Waals surface area contributed by atoms with Crippen molar-refractivity contribution in [1.29, 1.82) is 0 Å². The van der Waals surface area contributed by atoms with Gasteiger partial charge in [0.05, 0.1) is 11.6 Å². The number of nitrogens with zero attached hydrogens (tertiary/aromatic N) is 1. The number of halogens is 8. The molecule has 2 unspecified atom stereocenters. The van der Waals surface area contributed by atoms with E-state index >= 15 is 0 Å². The summed E-state index contributed by atoms with van der Waals surface area (Å²) in [6.45, 7) is 0. The Morgan fingerprint density at radius 3 is 2.27 bits per heavy atom. The summed E-state index contributed by atoms with van der Waals surface area (Å²) in [7, 11) is 0. The molecule has 3 nitrogen and oxygen atoms in total. The maximum atomic E-state index is 13.9. The van der Waals surface area contributed by atoms with Crippen molar-refractivity contribution in [2.75, 3.05) is 0 Å². The Bertz CT molecular complexity index is 481. The second-order valence-electron chi connectivity index (χ2n) is 5.24. The Morgan fingerprint density at radius 1 is 1.14 bits per heavy atom. The van der Waals surface area contributed by atoms with E-state index in [0.717, 1.165) is 0 Å². The monoisotopic (exact) mass is 341 g/mol. The van der Waals surface area contributed by atoms with Crippen LogP contribution in [0.4, 0.5) is 35.1 Å². The molecule has 1 aliphatic carbocycles. The molecule has 22 heavy (non-hydrogen) atoms. The lowest BCUT2D eigenvalue weighted by Gasteiger charge is -2.41. The topological polar surface area (TPSA) is 41.8 Å². The quantitative estimate of drug-likeness (QED) is 0.796. The van der Waals surface area contributed by atoms with E-state index in [1.807, 2.05) is 0 Å². The van der Waals surface area contributed by atoms with Gasteiger partial charge in [0.15, 0.2) is 0 Å². The minimum absolute atomic E-state index is 0.0554. The van der Waals surface area contributed by atoms with Crippen LogP contribution in [0.2, 0.25) is 0 Å². The van der Waals surface area contributed by atoms with Crippen molar-refractivity contribution < 1.29 is 45.1 Å². The second-order valence-corrected chi connectivity index (χ2v) is 5.24. The fourth-order valence-corrected chi connectivity index (χ4v) is 2.57. The van der Waals surface area contributed by atoms with Crippen molar-refractivity contribution in [1.82, 2.24) is 0 Å². The molecular formula is C11H11F8NO2. The van der Waals surface area contributed by atoms with Gasteiger partial charge in [0.1, 0.15) is 0 Å². The third-order valence-corrected chi connectivity index (χ3v) is 3.89. The molecule has 128 valence electrons. The zero-order valence-corrected chi connectivity index (χ0v) is 10.8. The Balaban J connectivity index is 2.41. The molecule has 0 bridgehead atoms. The first-order chi connectivity index (χ1) is 9.89. The number of hydrogen-bond acceptors (Lipinski definition) is 3. The van der Waals surface area contributed by atoms with Gasteiger partial charge in [-0.1, -0.05) is 11.6 Å². The lowest BCUT2D eigenvalue weighted by Crippen LogP contribution is -2.69. The third-order valence-electron chi connectivity index (χ3n) is 3.89. The van der Waals surface area contributed by atoms with Crippen molar-refractivity contribution >= 4 is 5.71 Å². The summed E-state index contributed by atoms with van der Waals surface area (Å²) in [6, 6.07) is 0. The maximum absolute atomic E-state index is 13.9. The van der Waals surface area contributed by atoms with Crippen LogP contribution in [0.1, 0.15) is 25.7 Å². The highest BCUT2D eigenvalue weighted by molar-refractivity contribution is 5.89. The number of fused-ring (bicyclic) bond motifs is 1. The number of oxime groups is 1. The van der Waals surface area contributed by atoms with Crippen molar-refractivity contribution in [3.05, 3.63) is 0 Å². The van der Waals surface area contributed by atoms with Gasteiger partial charge in [0.2, 0.25) is 0 Å². The summed E-state index contributed by atoms with van der Waals surface area (Å²) in [5.41, 5.74) is -0.176. The number of rotatable bonds is 4. The van der Waals surface area contributed by atoms with Crippen LogP contribution >= 0.6 is 0 Å². The minimum atomic E-state index is -6.54. The van der Waals surface area contributed by atoms with Crippen LogP contribution in [-0.4, -0.2) is 40.8 Å². The van der Waals surface area contributed by atoms with E-state index in [1.165, 1.54) is 0 Å². The van der Waals surface area contributed by atoms with Gasteiger partial charge < -0.3 is 9.94 Å². The van der Waals surface area contributed by atoms with E-state index in [2.05, 4.69) is 9.99 Å². The Hall–Kier alpha value is -1.13. The lowest BCUT2D eigenvalue weighted by molar-refractivity contribution is -0.423. The number of alkyl halides is 8. The van der Waals surface area contributed by atoms with Gasteiger partial charge in [-0.3, -0.25) is 0 Å². The average molecular weight is 341 g/mol. The van der Waals surface area contributed by atoms with Crippen molar-refractivity contribution in [2.45, 2.75) is 55.7 Å². The first-order valence-corrected chi connectivity index (χ1v) is 6.28. The molecule has 0 amide bonds. The Kier molecular flexibility index (Phi) is 3.86. The molecule has 0 radical (unpaired) electrons. The molecule has 1 saturated carbocycles. The molecule has 0 spiro atoms. The summed E-state index contributed by atoms with van der Waals surface area (Å²) in [6.07, 6.45) is -4.56. The summed E-state index contributed by atoms with van der Waals surface area (Å²) >= 11 is 0. The zero-order valence-electron chi connectivity index (χ0n) is 10.8. The normalized spacial score (nSPS) is 30.1. The fourth-order valence-electron chi connectivity index (χ4n) is 2.57. The van der Waals surface area contributed by atoms with Crippen LogP contribution in [0.3, 0.4) is 0 Å². The van der Waals surface area contributed by atoms with E-state index < -0.39 is 35.9 Å². The van der Waals surface area contributed by atoms with E-state index in [1.54, 1.807) is 0 Å². The Labute approximate surface area is 118 Å². The number of aliphatic hydroxyl groups is 1. The third kappa shape index (κ3) is 2.00. The average Bonchev–Trinajstić information content (AvgIpc) is 2.78. The first-order valence-electron chi connectivity index (χ1n) is 6.28. The zero-order chi connectivity index (χ0) is 17.0. The summed E-state index contributed by atoms with van der Waals surface area (Å²) in [5, 5.41) is 12.8. The van der Waals surface area contributed by atoms with E-state index in [0.29, 0.717) is 6.42 Å². The van der Waals surface area contributed by atoms with Gasteiger partial charge in [-0.15, -0.1) is 0 Å². The second kappa shape index (κ2) is 4.93. The van der Waals surface area contributed by atoms with E-state index in [9.17, 15) is 40.2 Å². The molecule has 2 rings (SSSR count). The smallest absolute Gasteiger partial charge is 0.353 e. The highest BCUT2D eigenvalue weighted by Crippen LogP contribution is 2.57. The maximum Gasteiger partial charge on any atom is 0.384 e. The summed E-state index contributed by atoms with van der Waals surface area (Å²) in [5.74, 6) is -24.7. The van der Waals surface area contributed by atoms with Crippen LogP contribution in [0.5, 0.6) is 0 Å². The molecule has 0 aromatic heterocycles. The molecule has 1 aliphatic heterocycles. The van der Waals surface area contributed by atoms with Gasteiger partial charge in [-0.05, 0) is 19.3 Å². The van der Waals surface area contributed by atoms with Gasteiger partial charge >= 0.3 is 30.0 Å². The molecule has 1 fully saturated rings. The SMILES string of the molecule is OC1(C(F)(F)C(F)(F)C(F)(F)C(F)F)ON=C2CCCCC21. The lowest BCUT2D eigenvalue weighted by atomic mass is 9.77. The van der Waals surface area contributed by atoms with Crippen LogP contribution < -0.4 is 0 Å². The molecule has 0 saturated heterocycles. The highest BCUT2D eigenvalue weighted by Gasteiger charge is 2.84. The molecule has 2 aliphatic rings.